The van der Waals surface area contributed by atoms with E-state index in [2.05, 4.69) is 6.58 Å². The number of benzene rings is 1. The minimum atomic E-state index is -3.53. The van der Waals surface area contributed by atoms with E-state index in [-0.39, 0.29) is 11.9 Å². The minimum Gasteiger partial charge on any atom is -0.343 e. The Kier molecular flexibility index (Phi) is 4.54. The van der Waals surface area contributed by atoms with Crippen LogP contribution in [-0.4, -0.2) is 45.4 Å². The average molecular weight is 349 g/mol. The van der Waals surface area contributed by atoms with Gasteiger partial charge in [0.2, 0.25) is 5.91 Å². The summed E-state index contributed by atoms with van der Waals surface area (Å²) in [7, 11) is -1.94. The zero-order valence-corrected chi connectivity index (χ0v) is 14.7. The maximum atomic E-state index is 12.8. The molecule has 0 bridgehead atoms. The van der Waals surface area contributed by atoms with Crippen LogP contribution in [0.4, 0.5) is 11.4 Å². The smallest absolute Gasteiger partial charge is 0.326 e. The van der Waals surface area contributed by atoms with E-state index >= 15 is 0 Å². The van der Waals surface area contributed by atoms with Gasteiger partial charge in [0, 0.05) is 26.6 Å². The molecule has 0 unspecified atom stereocenters. The number of amides is 1. The summed E-state index contributed by atoms with van der Waals surface area (Å²) in [4.78, 5) is 13.9. The second-order valence-corrected chi connectivity index (χ2v) is 8.04. The van der Waals surface area contributed by atoms with Crippen LogP contribution in [0.25, 0.3) is 0 Å². The number of carbonyl (C=O) groups is 1. The van der Waals surface area contributed by atoms with E-state index in [1.165, 1.54) is 8.61 Å². The summed E-state index contributed by atoms with van der Waals surface area (Å²) in [6, 6.07) is 7.26. The van der Waals surface area contributed by atoms with E-state index in [4.69, 9.17) is 0 Å². The number of para-hydroxylation sites is 2. The van der Waals surface area contributed by atoms with E-state index in [9.17, 15) is 13.2 Å². The first-order chi connectivity index (χ1) is 11.5. The molecule has 1 aromatic rings. The zero-order chi connectivity index (χ0) is 17.3. The standard InChI is InChI=1S/C17H23N3O3S/c1-3-4-9-17(21)19-12-10-14(11-13-19)20-16-8-6-5-7-15(16)18(2)24(20,22)23/h3,5-8,14H,1,4,9-13H2,2H3. The largest absolute Gasteiger partial charge is 0.343 e. The highest BCUT2D eigenvalue weighted by atomic mass is 32.2. The van der Waals surface area contributed by atoms with Crippen molar-refractivity contribution in [3.8, 4) is 0 Å². The number of hydrogen-bond acceptors (Lipinski definition) is 3. The number of nitrogens with zero attached hydrogens (tertiary/aromatic N) is 3. The third-order valence-corrected chi connectivity index (χ3v) is 6.65. The lowest BCUT2D eigenvalue weighted by molar-refractivity contribution is -0.132. The van der Waals surface area contributed by atoms with Gasteiger partial charge in [0.1, 0.15) is 0 Å². The molecule has 2 aliphatic rings. The van der Waals surface area contributed by atoms with Gasteiger partial charge in [0.25, 0.3) is 0 Å². The number of likely N-dealkylation sites (tertiary alicyclic amines) is 1. The van der Waals surface area contributed by atoms with Crippen molar-refractivity contribution in [3.63, 3.8) is 0 Å². The molecular weight excluding hydrogens is 326 g/mol. The van der Waals surface area contributed by atoms with Gasteiger partial charge in [-0.05, 0) is 31.4 Å². The number of fused-ring (bicyclic) bond motifs is 1. The molecule has 0 saturated carbocycles. The molecule has 0 N–H and O–H groups in total. The van der Waals surface area contributed by atoms with E-state index in [0.29, 0.717) is 44.5 Å². The third kappa shape index (κ3) is 2.77. The Hall–Kier alpha value is -2.02. The molecular formula is C17H23N3O3S. The van der Waals surface area contributed by atoms with E-state index in [1.54, 1.807) is 13.1 Å². The fourth-order valence-electron chi connectivity index (χ4n) is 3.42. The van der Waals surface area contributed by atoms with Crippen molar-refractivity contribution < 1.29 is 13.2 Å². The predicted molar refractivity (Wildman–Crippen MR) is 95.3 cm³/mol. The Morgan fingerprint density at radius 1 is 1.25 bits per heavy atom. The van der Waals surface area contributed by atoms with Crippen LogP contribution < -0.4 is 8.61 Å². The summed E-state index contributed by atoms with van der Waals surface area (Å²) in [5.41, 5.74) is 1.44. The van der Waals surface area contributed by atoms with Gasteiger partial charge < -0.3 is 4.90 Å². The van der Waals surface area contributed by atoms with Crippen LogP contribution in [0, 0.1) is 0 Å². The summed E-state index contributed by atoms with van der Waals surface area (Å²) in [5.74, 6) is 0.121. The summed E-state index contributed by atoms with van der Waals surface area (Å²) in [5, 5.41) is 0. The van der Waals surface area contributed by atoms with Crippen molar-refractivity contribution in [2.45, 2.75) is 31.7 Å². The molecule has 0 atom stereocenters. The van der Waals surface area contributed by atoms with Gasteiger partial charge in [0.15, 0.2) is 0 Å². The van der Waals surface area contributed by atoms with E-state index in [0.717, 1.165) is 5.69 Å². The number of piperidine rings is 1. The van der Waals surface area contributed by atoms with Gasteiger partial charge in [-0.1, -0.05) is 18.2 Å². The molecule has 2 heterocycles. The highest BCUT2D eigenvalue weighted by Gasteiger charge is 2.42. The fourth-order valence-corrected chi connectivity index (χ4v) is 5.07. The van der Waals surface area contributed by atoms with Gasteiger partial charge in [-0.2, -0.15) is 8.42 Å². The summed E-state index contributed by atoms with van der Waals surface area (Å²) in [6.07, 6.45) is 4.20. The fraction of sp³-hybridized carbons (Fsp3) is 0.471. The molecule has 0 aromatic heterocycles. The van der Waals surface area contributed by atoms with Crippen molar-refractivity contribution >= 4 is 27.5 Å². The molecule has 130 valence electrons. The lowest BCUT2D eigenvalue weighted by atomic mass is 10.0. The number of carbonyl (C=O) groups excluding carboxylic acids is 1. The number of hydrogen-bond donors (Lipinski definition) is 0. The molecule has 1 amide bonds. The summed E-state index contributed by atoms with van der Waals surface area (Å²) < 4.78 is 28.4. The lowest BCUT2D eigenvalue weighted by Gasteiger charge is -2.36. The highest BCUT2D eigenvalue weighted by Crippen LogP contribution is 2.42. The van der Waals surface area contributed by atoms with Crippen LogP contribution in [0.15, 0.2) is 36.9 Å². The SMILES string of the molecule is C=CCCC(=O)N1CCC(N2c3ccccc3N(C)S2(=O)=O)CC1. The number of allylic oxidation sites excluding steroid dienone is 1. The van der Waals surface area contributed by atoms with Crippen molar-refractivity contribution in [2.24, 2.45) is 0 Å². The van der Waals surface area contributed by atoms with Crippen molar-refractivity contribution in [2.75, 3.05) is 28.7 Å². The van der Waals surface area contributed by atoms with Crippen molar-refractivity contribution in [1.82, 2.24) is 4.90 Å². The van der Waals surface area contributed by atoms with Gasteiger partial charge in [-0.25, -0.2) is 4.31 Å². The van der Waals surface area contributed by atoms with Crippen LogP contribution in [-0.2, 0) is 15.0 Å². The number of rotatable bonds is 4. The molecule has 0 spiro atoms. The van der Waals surface area contributed by atoms with Crippen molar-refractivity contribution in [1.29, 1.82) is 0 Å². The minimum absolute atomic E-state index is 0.107. The Morgan fingerprint density at radius 3 is 2.50 bits per heavy atom. The first-order valence-corrected chi connectivity index (χ1v) is 9.62. The van der Waals surface area contributed by atoms with E-state index < -0.39 is 10.2 Å². The Balaban J connectivity index is 1.75. The van der Waals surface area contributed by atoms with Crippen LogP contribution in [0.5, 0.6) is 0 Å². The second-order valence-electron chi connectivity index (χ2n) is 6.20. The normalized spacial score (nSPS) is 20.1. The van der Waals surface area contributed by atoms with Crippen LogP contribution in [0.2, 0.25) is 0 Å². The Morgan fingerprint density at radius 2 is 1.88 bits per heavy atom. The van der Waals surface area contributed by atoms with Gasteiger partial charge >= 0.3 is 10.2 Å². The number of anilines is 2. The van der Waals surface area contributed by atoms with Gasteiger partial charge in [-0.3, -0.25) is 9.10 Å². The first kappa shape index (κ1) is 16.8. The van der Waals surface area contributed by atoms with Crippen LogP contribution in [0.1, 0.15) is 25.7 Å². The zero-order valence-electron chi connectivity index (χ0n) is 13.9. The molecule has 0 radical (unpaired) electrons. The summed E-state index contributed by atoms with van der Waals surface area (Å²) >= 11 is 0. The monoisotopic (exact) mass is 349 g/mol. The molecule has 24 heavy (non-hydrogen) atoms. The molecule has 7 heteroatoms. The Bertz CT molecular complexity index is 739. The molecule has 0 aliphatic carbocycles. The molecule has 1 saturated heterocycles. The first-order valence-electron chi connectivity index (χ1n) is 8.23. The Labute approximate surface area is 143 Å². The van der Waals surface area contributed by atoms with E-state index in [1.807, 2.05) is 29.2 Å². The topological polar surface area (TPSA) is 60.9 Å². The highest BCUT2D eigenvalue weighted by molar-refractivity contribution is 7.94. The van der Waals surface area contributed by atoms with Crippen LogP contribution in [0.3, 0.4) is 0 Å². The maximum Gasteiger partial charge on any atom is 0.326 e. The molecule has 2 aliphatic heterocycles. The third-order valence-electron chi connectivity index (χ3n) is 4.76. The van der Waals surface area contributed by atoms with Crippen LogP contribution >= 0.6 is 0 Å². The van der Waals surface area contributed by atoms with Crippen molar-refractivity contribution in [3.05, 3.63) is 36.9 Å². The molecule has 1 aromatic carbocycles. The van der Waals surface area contributed by atoms with Gasteiger partial charge in [-0.15, -0.1) is 6.58 Å². The quantitative estimate of drug-likeness (QED) is 0.783. The lowest BCUT2D eigenvalue weighted by Crippen LogP contribution is -2.49. The van der Waals surface area contributed by atoms with Gasteiger partial charge in [0.05, 0.1) is 17.4 Å². The summed E-state index contributed by atoms with van der Waals surface area (Å²) in [6.45, 7) is 4.83. The predicted octanol–water partition coefficient (Wildman–Crippen LogP) is 2.14. The molecule has 3 rings (SSSR count). The second kappa shape index (κ2) is 6.47. The average Bonchev–Trinajstić information content (AvgIpc) is 2.79. The molecule has 6 nitrogen and oxygen atoms in total. The molecule has 1 fully saturated rings. The maximum absolute atomic E-state index is 12.8.